The van der Waals surface area contributed by atoms with Gasteiger partial charge in [-0.3, -0.25) is 4.79 Å². The summed E-state index contributed by atoms with van der Waals surface area (Å²) in [5.74, 6) is 0.211. The predicted octanol–water partition coefficient (Wildman–Crippen LogP) is 1.90. The monoisotopic (exact) mass is 365 g/mol. The lowest BCUT2D eigenvalue weighted by Gasteiger charge is -2.36. The summed E-state index contributed by atoms with van der Waals surface area (Å²) in [6.07, 6.45) is 1.67. The van der Waals surface area contributed by atoms with Crippen LogP contribution in [-0.4, -0.2) is 37.7 Å². The van der Waals surface area contributed by atoms with Crippen LogP contribution >= 0.6 is 0 Å². The largest absolute Gasteiger partial charge is 0.391 e. The summed E-state index contributed by atoms with van der Waals surface area (Å²) in [5.41, 5.74) is -0.0893. The Bertz CT molecular complexity index is 744. The first-order chi connectivity index (χ1) is 11.7. The molecule has 0 unspecified atom stereocenters. The second kappa shape index (κ2) is 6.49. The topological polar surface area (TPSA) is 83.5 Å². The summed E-state index contributed by atoms with van der Waals surface area (Å²) in [6, 6.07) is 9.46. The van der Waals surface area contributed by atoms with Crippen LogP contribution in [-0.2, 0) is 21.2 Å². The van der Waals surface area contributed by atoms with Crippen LogP contribution in [0.1, 0.15) is 38.7 Å². The third-order valence-corrected chi connectivity index (χ3v) is 7.91. The molecular formula is C19H27NO4S. The Hall–Kier alpha value is -1.24. The molecule has 0 heterocycles. The predicted molar refractivity (Wildman–Crippen MR) is 96.5 cm³/mol. The fraction of sp³-hybridized carbons (Fsp3) is 0.632. The van der Waals surface area contributed by atoms with Gasteiger partial charge in [0.1, 0.15) is 5.78 Å². The molecule has 2 N–H and O–H groups in total. The van der Waals surface area contributed by atoms with E-state index >= 15 is 0 Å². The molecule has 2 saturated carbocycles. The Kier molecular flexibility index (Phi) is 4.81. The highest BCUT2D eigenvalue weighted by atomic mass is 32.2. The number of benzene rings is 1. The first-order valence-corrected chi connectivity index (χ1v) is 10.5. The first kappa shape index (κ1) is 18.5. The van der Waals surface area contributed by atoms with Crippen LogP contribution in [0.3, 0.4) is 0 Å². The van der Waals surface area contributed by atoms with E-state index in [0.29, 0.717) is 25.2 Å². The van der Waals surface area contributed by atoms with Crippen LogP contribution in [0.25, 0.3) is 0 Å². The van der Waals surface area contributed by atoms with E-state index in [0.717, 1.165) is 12.0 Å². The summed E-state index contributed by atoms with van der Waals surface area (Å²) in [7, 11) is -3.63. The number of sulfonamides is 1. The van der Waals surface area contributed by atoms with Gasteiger partial charge in [-0.25, -0.2) is 13.1 Å². The molecule has 0 saturated heterocycles. The van der Waals surface area contributed by atoms with E-state index in [9.17, 15) is 18.3 Å². The molecule has 2 fully saturated rings. The molecule has 5 nitrogen and oxygen atoms in total. The molecule has 3 rings (SSSR count). The van der Waals surface area contributed by atoms with Crippen molar-refractivity contribution >= 4 is 15.8 Å². The van der Waals surface area contributed by atoms with Crippen molar-refractivity contribution < 1.29 is 18.3 Å². The van der Waals surface area contributed by atoms with Gasteiger partial charge in [0, 0.05) is 18.4 Å². The third-order valence-electron chi connectivity index (χ3n) is 6.43. The summed E-state index contributed by atoms with van der Waals surface area (Å²) in [4.78, 5) is 12.5. The number of carbonyl (C=O) groups excluding carboxylic acids is 1. The lowest BCUT2D eigenvalue weighted by Crippen LogP contribution is -2.46. The van der Waals surface area contributed by atoms with Crippen LogP contribution < -0.4 is 4.72 Å². The van der Waals surface area contributed by atoms with Crippen molar-refractivity contribution in [2.75, 3.05) is 12.3 Å². The lowest BCUT2D eigenvalue weighted by molar-refractivity contribution is -0.128. The SMILES string of the molecule is CC1(C)[C@H]2CC[C@@]1(CS(=O)(=O)NC[C@@H](O)Cc1ccccc1)C(=O)C2. The molecule has 138 valence electrons. The zero-order valence-corrected chi connectivity index (χ0v) is 15.7. The van der Waals surface area contributed by atoms with Crippen molar-refractivity contribution in [3.63, 3.8) is 0 Å². The van der Waals surface area contributed by atoms with Crippen molar-refractivity contribution in [3.05, 3.63) is 35.9 Å². The molecule has 0 radical (unpaired) electrons. The van der Waals surface area contributed by atoms with E-state index in [1.54, 1.807) is 0 Å². The first-order valence-electron chi connectivity index (χ1n) is 8.89. The van der Waals surface area contributed by atoms with E-state index in [4.69, 9.17) is 0 Å². The van der Waals surface area contributed by atoms with E-state index in [1.165, 1.54) is 0 Å². The molecule has 0 amide bonds. The molecule has 6 heteroatoms. The molecule has 25 heavy (non-hydrogen) atoms. The van der Waals surface area contributed by atoms with Gasteiger partial charge < -0.3 is 5.11 Å². The van der Waals surface area contributed by atoms with Gasteiger partial charge in [0.2, 0.25) is 10.0 Å². The number of nitrogens with one attached hydrogen (secondary N) is 1. The number of carbonyl (C=O) groups is 1. The Morgan fingerprint density at radius 2 is 1.96 bits per heavy atom. The zero-order valence-electron chi connectivity index (χ0n) is 14.9. The van der Waals surface area contributed by atoms with Gasteiger partial charge in [0.05, 0.1) is 11.9 Å². The highest BCUT2D eigenvalue weighted by Crippen LogP contribution is 2.64. The second-order valence-corrected chi connectivity index (χ2v) is 9.92. The van der Waals surface area contributed by atoms with Crippen molar-refractivity contribution in [1.82, 2.24) is 4.72 Å². The van der Waals surface area contributed by atoms with Gasteiger partial charge in [-0.1, -0.05) is 44.2 Å². The fourth-order valence-corrected chi connectivity index (χ4v) is 6.54. The Morgan fingerprint density at radius 1 is 1.28 bits per heavy atom. The minimum atomic E-state index is -3.63. The number of aliphatic hydroxyl groups is 1. The molecule has 3 atom stereocenters. The smallest absolute Gasteiger partial charge is 0.212 e. The van der Waals surface area contributed by atoms with Gasteiger partial charge in [-0.15, -0.1) is 0 Å². The van der Waals surface area contributed by atoms with Crippen molar-refractivity contribution in [1.29, 1.82) is 0 Å². The fourth-order valence-electron chi connectivity index (χ4n) is 4.67. The maximum atomic E-state index is 12.6. The van der Waals surface area contributed by atoms with E-state index in [1.807, 2.05) is 44.2 Å². The van der Waals surface area contributed by atoms with E-state index in [-0.39, 0.29) is 23.5 Å². The van der Waals surface area contributed by atoms with Crippen LogP contribution in [0.2, 0.25) is 0 Å². The van der Waals surface area contributed by atoms with Crippen LogP contribution in [0.4, 0.5) is 0 Å². The highest BCUT2D eigenvalue weighted by Gasteiger charge is 2.65. The highest BCUT2D eigenvalue weighted by molar-refractivity contribution is 7.89. The van der Waals surface area contributed by atoms with E-state index in [2.05, 4.69) is 4.72 Å². The minimum absolute atomic E-state index is 0.0364. The van der Waals surface area contributed by atoms with Gasteiger partial charge in [0.25, 0.3) is 0 Å². The standard InChI is InChI=1S/C19H27NO4S/c1-18(2)15-8-9-19(18,17(22)11-15)13-25(23,24)20-12-16(21)10-14-6-4-3-5-7-14/h3-7,15-16,20-21H,8-13H2,1-2H3/t15-,16-,19+/m0/s1. The lowest BCUT2D eigenvalue weighted by atomic mass is 9.70. The van der Waals surface area contributed by atoms with Gasteiger partial charge in [0.15, 0.2) is 0 Å². The number of ketones is 1. The van der Waals surface area contributed by atoms with Crippen LogP contribution in [0.15, 0.2) is 30.3 Å². The molecule has 2 aliphatic carbocycles. The minimum Gasteiger partial charge on any atom is -0.391 e. The molecule has 1 aromatic carbocycles. The molecule has 1 aromatic rings. The maximum Gasteiger partial charge on any atom is 0.212 e. The molecule has 2 aliphatic rings. The Labute approximate surface area is 149 Å². The average molecular weight is 365 g/mol. The van der Waals surface area contributed by atoms with E-state index < -0.39 is 21.5 Å². The van der Waals surface area contributed by atoms with Crippen molar-refractivity contribution in [2.45, 2.75) is 45.6 Å². The van der Waals surface area contributed by atoms with Gasteiger partial charge >= 0.3 is 0 Å². The number of Topliss-reactive ketones (excluding diaryl/α,β-unsaturated/α-hetero) is 1. The molecular weight excluding hydrogens is 338 g/mol. The van der Waals surface area contributed by atoms with Gasteiger partial charge in [-0.2, -0.15) is 0 Å². The zero-order chi connectivity index (χ0) is 18.3. The summed E-state index contributed by atoms with van der Waals surface area (Å²) in [5, 5.41) is 10.1. The molecule has 0 spiro atoms. The maximum absolute atomic E-state index is 12.6. The third kappa shape index (κ3) is 3.39. The quantitative estimate of drug-likeness (QED) is 0.773. The number of hydrogen-bond acceptors (Lipinski definition) is 4. The van der Waals surface area contributed by atoms with Crippen molar-refractivity contribution in [2.24, 2.45) is 16.7 Å². The summed E-state index contributed by atoms with van der Waals surface area (Å²) < 4.78 is 27.7. The second-order valence-electron chi connectivity index (χ2n) is 8.12. The molecule has 2 bridgehead atoms. The summed E-state index contributed by atoms with van der Waals surface area (Å²) >= 11 is 0. The van der Waals surface area contributed by atoms with Crippen LogP contribution in [0.5, 0.6) is 0 Å². The number of hydrogen-bond donors (Lipinski definition) is 2. The number of rotatable bonds is 7. The Morgan fingerprint density at radius 3 is 2.52 bits per heavy atom. The molecule has 0 aliphatic heterocycles. The summed E-state index contributed by atoms with van der Waals surface area (Å²) in [6.45, 7) is 4.01. The number of fused-ring (bicyclic) bond motifs is 2. The van der Waals surface area contributed by atoms with Crippen LogP contribution in [0, 0.1) is 16.7 Å². The Balaban J connectivity index is 1.62. The normalized spacial score (nSPS) is 29.1. The average Bonchev–Trinajstić information content (AvgIpc) is 2.88. The molecule has 0 aromatic heterocycles. The van der Waals surface area contributed by atoms with Crippen molar-refractivity contribution in [3.8, 4) is 0 Å². The number of aliphatic hydroxyl groups excluding tert-OH is 1. The van der Waals surface area contributed by atoms with Gasteiger partial charge in [-0.05, 0) is 36.2 Å².